The van der Waals surface area contributed by atoms with E-state index in [1.54, 1.807) is 12.1 Å². The standard InChI is InChI=1S/C21H23ClN2O2/c1-4-15(5-2)24-19-8-9-23-18-7-6-13(10-16(18)19)14-11-17(22)21(25)20(12-14)26-3/h6-12,15,25H,4-5H2,1-3H3,(H,23,24). The largest absolute Gasteiger partial charge is 0.503 e. The number of nitrogens with one attached hydrogen (secondary N) is 1. The van der Waals surface area contributed by atoms with Gasteiger partial charge in [0.25, 0.3) is 0 Å². The van der Waals surface area contributed by atoms with Crippen LogP contribution in [0, 0.1) is 0 Å². The Morgan fingerprint density at radius 2 is 1.88 bits per heavy atom. The van der Waals surface area contributed by atoms with Gasteiger partial charge in [0.1, 0.15) is 0 Å². The smallest absolute Gasteiger partial charge is 0.176 e. The van der Waals surface area contributed by atoms with Crippen molar-refractivity contribution in [2.24, 2.45) is 0 Å². The van der Waals surface area contributed by atoms with Crippen molar-refractivity contribution in [2.75, 3.05) is 12.4 Å². The minimum Gasteiger partial charge on any atom is -0.503 e. The van der Waals surface area contributed by atoms with Crippen molar-refractivity contribution in [3.63, 3.8) is 0 Å². The zero-order valence-corrected chi connectivity index (χ0v) is 16.0. The summed E-state index contributed by atoms with van der Waals surface area (Å²) in [5.41, 5.74) is 3.87. The summed E-state index contributed by atoms with van der Waals surface area (Å²) in [6.07, 6.45) is 3.95. The minimum atomic E-state index is -0.0449. The van der Waals surface area contributed by atoms with Gasteiger partial charge in [-0.05, 0) is 54.3 Å². The van der Waals surface area contributed by atoms with Crippen molar-refractivity contribution < 1.29 is 9.84 Å². The normalized spacial score (nSPS) is 11.1. The molecule has 0 saturated carbocycles. The number of nitrogens with zero attached hydrogens (tertiary/aromatic N) is 1. The molecule has 0 saturated heterocycles. The Kier molecular flexibility index (Phi) is 5.52. The molecule has 3 aromatic rings. The Balaban J connectivity index is 2.10. The number of phenolic OH excluding ortho intramolecular Hbond substituents is 1. The summed E-state index contributed by atoms with van der Waals surface area (Å²) < 4.78 is 5.22. The van der Waals surface area contributed by atoms with Crippen LogP contribution in [0.15, 0.2) is 42.6 Å². The molecule has 3 rings (SSSR count). The predicted molar refractivity (Wildman–Crippen MR) is 108 cm³/mol. The third-order valence-electron chi connectivity index (χ3n) is 4.67. The number of anilines is 1. The van der Waals surface area contributed by atoms with Gasteiger partial charge in [0.15, 0.2) is 11.5 Å². The highest BCUT2D eigenvalue weighted by molar-refractivity contribution is 6.32. The number of methoxy groups -OCH3 is 1. The van der Waals surface area contributed by atoms with Gasteiger partial charge in [0.05, 0.1) is 17.6 Å². The lowest BCUT2D eigenvalue weighted by atomic mass is 10.0. The van der Waals surface area contributed by atoms with E-state index in [1.807, 2.05) is 24.4 Å². The van der Waals surface area contributed by atoms with Gasteiger partial charge in [-0.1, -0.05) is 31.5 Å². The van der Waals surface area contributed by atoms with E-state index in [9.17, 15) is 5.11 Å². The maximum absolute atomic E-state index is 9.96. The number of aromatic hydroxyl groups is 1. The lowest BCUT2D eigenvalue weighted by Crippen LogP contribution is -2.17. The number of rotatable bonds is 6. The van der Waals surface area contributed by atoms with Gasteiger partial charge in [-0.15, -0.1) is 0 Å². The molecular formula is C21H23ClN2O2. The Labute approximate surface area is 158 Å². The van der Waals surface area contributed by atoms with Crippen molar-refractivity contribution >= 4 is 28.2 Å². The average molecular weight is 371 g/mol. The molecule has 0 radical (unpaired) electrons. The number of pyridine rings is 1. The molecule has 1 aromatic heterocycles. The van der Waals surface area contributed by atoms with Gasteiger partial charge in [0, 0.05) is 23.3 Å². The molecule has 0 fully saturated rings. The molecular weight excluding hydrogens is 348 g/mol. The Morgan fingerprint density at radius 3 is 2.58 bits per heavy atom. The molecule has 2 aromatic carbocycles. The van der Waals surface area contributed by atoms with Gasteiger partial charge in [-0.2, -0.15) is 0 Å². The summed E-state index contributed by atoms with van der Waals surface area (Å²) in [7, 11) is 1.51. The second kappa shape index (κ2) is 7.83. The van der Waals surface area contributed by atoms with E-state index < -0.39 is 0 Å². The van der Waals surface area contributed by atoms with Crippen LogP contribution in [0.2, 0.25) is 5.02 Å². The molecule has 0 aliphatic carbocycles. The fourth-order valence-corrected chi connectivity index (χ4v) is 3.27. The second-order valence-corrected chi connectivity index (χ2v) is 6.66. The average Bonchev–Trinajstić information content (AvgIpc) is 2.67. The van der Waals surface area contributed by atoms with Gasteiger partial charge in [-0.25, -0.2) is 0 Å². The minimum absolute atomic E-state index is 0.0449. The first-order valence-corrected chi connectivity index (χ1v) is 9.17. The number of benzene rings is 2. The zero-order valence-electron chi connectivity index (χ0n) is 15.2. The lowest BCUT2D eigenvalue weighted by Gasteiger charge is -2.18. The van der Waals surface area contributed by atoms with Crippen LogP contribution in [-0.4, -0.2) is 23.2 Å². The first-order chi connectivity index (χ1) is 12.6. The van der Waals surface area contributed by atoms with E-state index in [-0.39, 0.29) is 10.8 Å². The van der Waals surface area contributed by atoms with E-state index in [0.29, 0.717) is 11.8 Å². The molecule has 0 bridgehead atoms. The second-order valence-electron chi connectivity index (χ2n) is 6.26. The maximum atomic E-state index is 9.96. The molecule has 0 amide bonds. The van der Waals surface area contributed by atoms with Crippen molar-refractivity contribution in [3.05, 3.63) is 47.6 Å². The SMILES string of the molecule is CCC(CC)Nc1ccnc2ccc(-c3cc(Cl)c(O)c(OC)c3)cc12. The highest BCUT2D eigenvalue weighted by atomic mass is 35.5. The van der Waals surface area contributed by atoms with Crippen LogP contribution in [0.25, 0.3) is 22.0 Å². The quantitative estimate of drug-likeness (QED) is 0.569. The zero-order chi connectivity index (χ0) is 18.7. The molecule has 0 aliphatic heterocycles. The summed E-state index contributed by atoms with van der Waals surface area (Å²) in [6.45, 7) is 4.36. The van der Waals surface area contributed by atoms with E-state index in [2.05, 4.69) is 30.2 Å². The van der Waals surface area contributed by atoms with Gasteiger partial charge >= 0.3 is 0 Å². The number of fused-ring (bicyclic) bond motifs is 1. The van der Waals surface area contributed by atoms with Gasteiger partial charge in [-0.3, -0.25) is 4.98 Å². The van der Waals surface area contributed by atoms with E-state index >= 15 is 0 Å². The van der Waals surface area contributed by atoms with Crippen LogP contribution in [0.3, 0.4) is 0 Å². The maximum Gasteiger partial charge on any atom is 0.176 e. The fourth-order valence-electron chi connectivity index (χ4n) is 3.06. The third kappa shape index (κ3) is 3.56. The number of hydrogen-bond acceptors (Lipinski definition) is 4. The number of aromatic nitrogens is 1. The molecule has 0 atom stereocenters. The first-order valence-electron chi connectivity index (χ1n) is 8.79. The molecule has 26 heavy (non-hydrogen) atoms. The topological polar surface area (TPSA) is 54.4 Å². The van der Waals surface area contributed by atoms with Crippen LogP contribution in [0.4, 0.5) is 5.69 Å². The number of phenols is 1. The number of halogens is 1. The molecule has 5 heteroatoms. The summed E-state index contributed by atoms with van der Waals surface area (Å²) in [5.74, 6) is 0.311. The molecule has 136 valence electrons. The number of ether oxygens (including phenoxy) is 1. The molecule has 4 nitrogen and oxygen atoms in total. The lowest BCUT2D eigenvalue weighted by molar-refractivity contribution is 0.374. The third-order valence-corrected chi connectivity index (χ3v) is 4.96. The monoisotopic (exact) mass is 370 g/mol. The predicted octanol–water partition coefficient (Wildman–Crippen LogP) is 5.87. The summed E-state index contributed by atoms with van der Waals surface area (Å²) in [4.78, 5) is 4.47. The van der Waals surface area contributed by atoms with E-state index in [0.717, 1.165) is 40.6 Å². The summed E-state index contributed by atoms with van der Waals surface area (Å²) in [6, 6.07) is 12.0. The summed E-state index contributed by atoms with van der Waals surface area (Å²) >= 11 is 6.15. The molecule has 0 aliphatic rings. The van der Waals surface area contributed by atoms with Gasteiger partial charge < -0.3 is 15.2 Å². The Morgan fingerprint density at radius 1 is 1.12 bits per heavy atom. The van der Waals surface area contributed by atoms with E-state index in [1.165, 1.54) is 7.11 Å². The molecule has 2 N–H and O–H groups in total. The Hall–Kier alpha value is -2.46. The van der Waals surface area contributed by atoms with Crippen molar-refractivity contribution in [3.8, 4) is 22.6 Å². The van der Waals surface area contributed by atoms with E-state index in [4.69, 9.17) is 16.3 Å². The van der Waals surface area contributed by atoms with Gasteiger partial charge in [0.2, 0.25) is 0 Å². The van der Waals surface area contributed by atoms with Crippen LogP contribution < -0.4 is 10.1 Å². The van der Waals surface area contributed by atoms with Crippen LogP contribution in [0.1, 0.15) is 26.7 Å². The van der Waals surface area contributed by atoms with Crippen LogP contribution in [-0.2, 0) is 0 Å². The molecule has 0 unspecified atom stereocenters. The highest BCUT2D eigenvalue weighted by Crippen LogP contribution is 2.39. The van der Waals surface area contributed by atoms with Crippen LogP contribution >= 0.6 is 11.6 Å². The van der Waals surface area contributed by atoms with Crippen LogP contribution in [0.5, 0.6) is 11.5 Å². The molecule has 0 spiro atoms. The fraction of sp³-hybridized carbons (Fsp3) is 0.286. The highest BCUT2D eigenvalue weighted by Gasteiger charge is 2.12. The van der Waals surface area contributed by atoms with Crippen molar-refractivity contribution in [2.45, 2.75) is 32.7 Å². The molecule has 1 heterocycles. The number of hydrogen-bond donors (Lipinski definition) is 2. The van der Waals surface area contributed by atoms with Crippen molar-refractivity contribution in [1.29, 1.82) is 0 Å². The first kappa shape index (κ1) is 18.3. The summed E-state index contributed by atoms with van der Waals surface area (Å²) in [5, 5.41) is 14.9. The Bertz CT molecular complexity index is 923. The van der Waals surface area contributed by atoms with Crippen molar-refractivity contribution in [1.82, 2.24) is 4.98 Å².